The molecule has 1 unspecified atom stereocenters. The normalized spacial score (nSPS) is 11.5. The van der Waals surface area contributed by atoms with E-state index in [9.17, 15) is 4.79 Å². The molecule has 0 bridgehead atoms. The Bertz CT molecular complexity index is 658. The highest BCUT2D eigenvalue weighted by Gasteiger charge is 2.09. The zero-order valence-corrected chi connectivity index (χ0v) is 15.5. The van der Waals surface area contributed by atoms with E-state index in [-0.39, 0.29) is 11.9 Å². The van der Waals surface area contributed by atoms with E-state index in [0.717, 1.165) is 22.1 Å². The average molecular weight is 361 g/mol. The van der Waals surface area contributed by atoms with E-state index in [2.05, 4.69) is 5.32 Å². The summed E-state index contributed by atoms with van der Waals surface area (Å²) in [6.07, 6.45) is 0. The van der Waals surface area contributed by atoms with E-state index in [1.807, 2.05) is 55.5 Å². The summed E-state index contributed by atoms with van der Waals surface area (Å²) in [5.41, 5.74) is 0. The molecule has 1 N–H and O–H groups in total. The van der Waals surface area contributed by atoms with Gasteiger partial charge in [0.2, 0.25) is 5.91 Å². The number of amides is 1. The quantitative estimate of drug-likeness (QED) is 0.694. The standard InChI is InChI=1S/C19H23NO4S/c1-14(12-24-17-6-4-15(22-2)5-7-17)20-19(21)13-25-18-10-8-16(23-3)9-11-18/h4-11,14H,12-13H2,1-3H3,(H,20,21). The van der Waals surface area contributed by atoms with Gasteiger partial charge >= 0.3 is 0 Å². The highest BCUT2D eigenvalue weighted by Crippen LogP contribution is 2.21. The molecule has 0 saturated heterocycles. The van der Waals surface area contributed by atoms with Gasteiger partial charge in [0.1, 0.15) is 23.9 Å². The van der Waals surface area contributed by atoms with Gasteiger partial charge in [-0.1, -0.05) is 0 Å². The minimum absolute atomic E-state index is 0.0216. The molecule has 0 spiro atoms. The van der Waals surface area contributed by atoms with Crippen LogP contribution >= 0.6 is 11.8 Å². The molecule has 5 nitrogen and oxygen atoms in total. The van der Waals surface area contributed by atoms with Crippen molar-refractivity contribution in [3.63, 3.8) is 0 Å². The second kappa shape index (κ2) is 9.84. The number of hydrogen-bond acceptors (Lipinski definition) is 5. The monoisotopic (exact) mass is 361 g/mol. The van der Waals surface area contributed by atoms with Gasteiger partial charge in [-0.15, -0.1) is 11.8 Å². The maximum atomic E-state index is 12.0. The van der Waals surface area contributed by atoms with Crippen molar-refractivity contribution in [2.24, 2.45) is 0 Å². The summed E-state index contributed by atoms with van der Waals surface area (Å²) >= 11 is 1.49. The molecule has 1 amide bonds. The predicted octanol–water partition coefficient (Wildman–Crippen LogP) is 3.38. The number of carbonyl (C=O) groups is 1. The third-order valence-corrected chi connectivity index (χ3v) is 4.41. The van der Waals surface area contributed by atoms with Crippen LogP contribution in [0.25, 0.3) is 0 Å². The maximum Gasteiger partial charge on any atom is 0.230 e. The van der Waals surface area contributed by atoms with E-state index < -0.39 is 0 Å². The molecule has 134 valence electrons. The molecule has 0 heterocycles. The van der Waals surface area contributed by atoms with Gasteiger partial charge in [-0.25, -0.2) is 0 Å². The highest BCUT2D eigenvalue weighted by atomic mass is 32.2. The van der Waals surface area contributed by atoms with Gasteiger partial charge in [0.15, 0.2) is 0 Å². The zero-order valence-electron chi connectivity index (χ0n) is 14.7. The van der Waals surface area contributed by atoms with Crippen LogP contribution in [0.3, 0.4) is 0 Å². The summed E-state index contributed by atoms with van der Waals surface area (Å²) in [7, 11) is 3.25. The molecule has 0 aliphatic carbocycles. The summed E-state index contributed by atoms with van der Waals surface area (Å²) in [5.74, 6) is 2.67. The van der Waals surface area contributed by atoms with Crippen LogP contribution in [-0.4, -0.2) is 38.5 Å². The number of hydrogen-bond donors (Lipinski definition) is 1. The Hall–Kier alpha value is -2.34. The van der Waals surface area contributed by atoms with Gasteiger partial charge in [-0.05, 0) is 55.5 Å². The zero-order chi connectivity index (χ0) is 18.1. The van der Waals surface area contributed by atoms with Crippen molar-refractivity contribution in [1.82, 2.24) is 5.32 Å². The molecule has 0 aromatic heterocycles. The van der Waals surface area contributed by atoms with Crippen molar-refractivity contribution >= 4 is 17.7 Å². The van der Waals surface area contributed by atoms with E-state index in [1.54, 1.807) is 14.2 Å². The Morgan fingerprint density at radius 2 is 1.48 bits per heavy atom. The number of ether oxygens (including phenoxy) is 3. The third-order valence-electron chi connectivity index (χ3n) is 3.40. The second-order valence-corrected chi connectivity index (χ2v) is 6.47. The fourth-order valence-electron chi connectivity index (χ4n) is 2.07. The third kappa shape index (κ3) is 6.58. The molecule has 1 atom stereocenters. The molecule has 2 rings (SSSR count). The number of rotatable bonds is 9. The van der Waals surface area contributed by atoms with Crippen molar-refractivity contribution in [2.45, 2.75) is 17.9 Å². The Kier molecular flexibility index (Phi) is 7.47. The second-order valence-electron chi connectivity index (χ2n) is 5.42. The summed E-state index contributed by atoms with van der Waals surface area (Å²) in [4.78, 5) is 13.0. The number of carbonyl (C=O) groups excluding carboxylic acids is 1. The molecule has 25 heavy (non-hydrogen) atoms. The van der Waals surface area contributed by atoms with Crippen molar-refractivity contribution in [1.29, 1.82) is 0 Å². The molecular weight excluding hydrogens is 338 g/mol. The summed E-state index contributed by atoms with van der Waals surface area (Å²) < 4.78 is 15.9. The molecule has 2 aromatic rings. The summed E-state index contributed by atoms with van der Waals surface area (Å²) in [5, 5.41) is 2.93. The number of thioether (sulfide) groups is 1. The van der Waals surface area contributed by atoms with Crippen LogP contribution in [0.15, 0.2) is 53.4 Å². The Labute approximate surface area is 152 Å². The van der Waals surface area contributed by atoms with Gasteiger partial charge in [-0.3, -0.25) is 4.79 Å². The molecule has 6 heteroatoms. The molecule has 0 aliphatic rings. The average Bonchev–Trinajstić information content (AvgIpc) is 2.65. The van der Waals surface area contributed by atoms with Crippen LogP contribution in [0, 0.1) is 0 Å². The number of methoxy groups -OCH3 is 2. The van der Waals surface area contributed by atoms with E-state index in [1.165, 1.54) is 11.8 Å². The van der Waals surface area contributed by atoms with Crippen molar-refractivity contribution in [2.75, 3.05) is 26.6 Å². The fourth-order valence-corrected chi connectivity index (χ4v) is 2.78. The first kappa shape index (κ1) is 19.0. The van der Waals surface area contributed by atoms with Crippen LogP contribution in [0.4, 0.5) is 0 Å². The Morgan fingerprint density at radius 1 is 0.960 bits per heavy atom. The van der Waals surface area contributed by atoms with Crippen LogP contribution in [0.2, 0.25) is 0 Å². The molecule has 0 fully saturated rings. The Balaban J connectivity index is 1.69. The van der Waals surface area contributed by atoms with Crippen molar-refractivity contribution < 1.29 is 19.0 Å². The van der Waals surface area contributed by atoms with Crippen molar-refractivity contribution in [3.8, 4) is 17.2 Å². The van der Waals surface area contributed by atoms with Crippen molar-refractivity contribution in [3.05, 3.63) is 48.5 Å². The molecule has 2 aromatic carbocycles. The van der Waals surface area contributed by atoms with Gasteiger partial charge in [-0.2, -0.15) is 0 Å². The Morgan fingerprint density at radius 3 is 2.04 bits per heavy atom. The first-order chi connectivity index (χ1) is 12.1. The lowest BCUT2D eigenvalue weighted by Crippen LogP contribution is -2.37. The maximum absolute atomic E-state index is 12.0. The van der Waals surface area contributed by atoms with Crippen LogP contribution < -0.4 is 19.5 Å². The molecule has 0 aliphatic heterocycles. The van der Waals surface area contributed by atoms with Crippen LogP contribution in [0.1, 0.15) is 6.92 Å². The predicted molar refractivity (Wildman–Crippen MR) is 99.8 cm³/mol. The minimum atomic E-state index is -0.0777. The molecule has 0 radical (unpaired) electrons. The molecular formula is C19H23NO4S. The van der Waals surface area contributed by atoms with Gasteiger partial charge in [0, 0.05) is 4.90 Å². The first-order valence-electron chi connectivity index (χ1n) is 7.94. The fraction of sp³-hybridized carbons (Fsp3) is 0.316. The van der Waals surface area contributed by atoms with E-state index in [4.69, 9.17) is 14.2 Å². The lowest BCUT2D eigenvalue weighted by molar-refractivity contribution is -0.119. The highest BCUT2D eigenvalue weighted by molar-refractivity contribution is 8.00. The van der Waals surface area contributed by atoms with E-state index >= 15 is 0 Å². The number of nitrogens with one attached hydrogen (secondary N) is 1. The molecule has 0 saturated carbocycles. The minimum Gasteiger partial charge on any atom is -0.497 e. The summed E-state index contributed by atoms with van der Waals surface area (Å²) in [6, 6.07) is 14.9. The lowest BCUT2D eigenvalue weighted by Gasteiger charge is -2.15. The smallest absolute Gasteiger partial charge is 0.230 e. The van der Waals surface area contributed by atoms with Crippen LogP contribution in [0.5, 0.6) is 17.2 Å². The van der Waals surface area contributed by atoms with E-state index in [0.29, 0.717) is 12.4 Å². The SMILES string of the molecule is COc1ccc(OCC(C)NC(=O)CSc2ccc(OC)cc2)cc1. The largest absolute Gasteiger partial charge is 0.497 e. The van der Waals surface area contributed by atoms with Gasteiger partial charge in [0.05, 0.1) is 26.0 Å². The number of benzene rings is 2. The summed E-state index contributed by atoms with van der Waals surface area (Å²) in [6.45, 7) is 2.32. The lowest BCUT2D eigenvalue weighted by atomic mass is 10.3. The van der Waals surface area contributed by atoms with Gasteiger partial charge < -0.3 is 19.5 Å². The topological polar surface area (TPSA) is 56.8 Å². The first-order valence-corrected chi connectivity index (χ1v) is 8.92. The van der Waals surface area contributed by atoms with Gasteiger partial charge in [0.25, 0.3) is 0 Å². The van der Waals surface area contributed by atoms with Crippen LogP contribution in [-0.2, 0) is 4.79 Å².